The molecule has 6 nitrogen and oxygen atoms in total. The zero-order chi connectivity index (χ0) is 22.7. The van der Waals surface area contributed by atoms with Crippen LogP contribution in [0, 0.1) is 0 Å². The first-order valence-corrected chi connectivity index (χ1v) is 11.9. The van der Waals surface area contributed by atoms with Crippen LogP contribution in [0.15, 0.2) is 48.5 Å². The molecule has 0 bridgehead atoms. The van der Waals surface area contributed by atoms with Crippen LogP contribution >= 0.6 is 22.9 Å². The third-order valence-corrected chi connectivity index (χ3v) is 6.86. The molecule has 0 saturated carbocycles. The van der Waals surface area contributed by atoms with Gasteiger partial charge < -0.3 is 19.9 Å². The first-order chi connectivity index (χ1) is 15.5. The molecule has 1 amide bonds. The van der Waals surface area contributed by atoms with Crippen molar-refractivity contribution in [3.05, 3.63) is 64.1 Å². The average molecular weight is 471 g/mol. The van der Waals surface area contributed by atoms with Crippen LogP contribution < -0.4 is 19.9 Å². The number of para-hydroxylation sites is 2. The monoisotopic (exact) mass is 470 g/mol. The number of ether oxygens (including phenoxy) is 1. The summed E-state index contributed by atoms with van der Waals surface area (Å²) in [5.41, 5.74) is 2.66. The van der Waals surface area contributed by atoms with Crippen LogP contribution in [0.2, 0.25) is 5.02 Å². The predicted molar refractivity (Wildman–Crippen MR) is 133 cm³/mol. The lowest BCUT2D eigenvalue weighted by molar-refractivity contribution is 0.102. The molecule has 1 N–H and O–H groups in total. The molecule has 32 heavy (non-hydrogen) atoms. The molecule has 1 fully saturated rings. The summed E-state index contributed by atoms with van der Waals surface area (Å²) in [6.45, 7) is 7.53. The quantitative estimate of drug-likeness (QED) is 0.515. The Hall–Kier alpha value is -2.77. The maximum atomic E-state index is 13.0. The number of aromatic nitrogens is 1. The summed E-state index contributed by atoms with van der Waals surface area (Å²) in [5, 5.41) is 4.51. The van der Waals surface area contributed by atoms with Gasteiger partial charge in [0, 0.05) is 36.9 Å². The highest BCUT2D eigenvalue weighted by Gasteiger charge is 2.26. The fraction of sp³-hybridized carbons (Fsp3) is 0.333. The lowest BCUT2D eigenvalue weighted by atomic mass is 10.1. The van der Waals surface area contributed by atoms with Crippen molar-refractivity contribution in [1.82, 2.24) is 4.98 Å². The van der Waals surface area contributed by atoms with Crippen molar-refractivity contribution in [1.29, 1.82) is 0 Å². The van der Waals surface area contributed by atoms with Crippen LogP contribution in [0.25, 0.3) is 0 Å². The van der Waals surface area contributed by atoms with Crippen LogP contribution in [0.4, 0.5) is 16.5 Å². The van der Waals surface area contributed by atoms with Crippen molar-refractivity contribution in [3.8, 4) is 5.75 Å². The Morgan fingerprint density at radius 1 is 1.06 bits per heavy atom. The van der Waals surface area contributed by atoms with E-state index >= 15 is 0 Å². The Balaban J connectivity index is 1.49. The lowest BCUT2D eigenvalue weighted by Gasteiger charge is -2.36. The van der Waals surface area contributed by atoms with Gasteiger partial charge in [-0.3, -0.25) is 4.79 Å². The number of nitrogens with one attached hydrogen (secondary N) is 1. The number of amides is 1. The van der Waals surface area contributed by atoms with Crippen LogP contribution in [-0.2, 0) is 0 Å². The summed E-state index contributed by atoms with van der Waals surface area (Å²) in [5.74, 6) is 0.909. The number of benzene rings is 2. The second kappa shape index (κ2) is 9.79. The van der Waals surface area contributed by atoms with Crippen LogP contribution in [0.3, 0.4) is 0 Å². The second-order valence-corrected chi connectivity index (χ2v) is 9.39. The van der Waals surface area contributed by atoms with Crippen molar-refractivity contribution in [2.24, 2.45) is 0 Å². The minimum absolute atomic E-state index is 0.132. The minimum Gasteiger partial charge on any atom is -0.495 e. The SMILES string of the molecule is COc1ccccc1N1CCN(c2nc(C(C)C)c(C(=O)Nc3ccc(Cl)cc3)s2)CC1. The topological polar surface area (TPSA) is 57.7 Å². The molecular formula is C24H27ClN4O2S. The van der Waals surface area contributed by atoms with E-state index in [1.165, 1.54) is 11.3 Å². The highest BCUT2D eigenvalue weighted by Crippen LogP contribution is 2.34. The molecule has 168 valence electrons. The molecule has 2 aromatic carbocycles. The molecule has 1 saturated heterocycles. The summed E-state index contributed by atoms with van der Waals surface area (Å²) in [6.07, 6.45) is 0. The van der Waals surface area contributed by atoms with E-state index in [1.807, 2.05) is 18.2 Å². The first kappa shape index (κ1) is 22.4. The van der Waals surface area contributed by atoms with E-state index in [4.69, 9.17) is 21.3 Å². The number of piperazine rings is 1. The van der Waals surface area contributed by atoms with E-state index in [2.05, 4.69) is 35.0 Å². The van der Waals surface area contributed by atoms with Gasteiger partial charge in [0.05, 0.1) is 18.5 Å². The van der Waals surface area contributed by atoms with Crippen LogP contribution in [-0.4, -0.2) is 44.2 Å². The molecule has 1 aliphatic heterocycles. The van der Waals surface area contributed by atoms with Crippen molar-refractivity contribution in [2.45, 2.75) is 19.8 Å². The Morgan fingerprint density at radius 3 is 2.38 bits per heavy atom. The zero-order valence-corrected chi connectivity index (χ0v) is 20.0. The largest absolute Gasteiger partial charge is 0.495 e. The molecule has 1 aromatic heterocycles. The fourth-order valence-electron chi connectivity index (χ4n) is 3.76. The number of rotatable bonds is 6. The third-order valence-electron chi connectivity index (χ3n) is 5.47. The Morgan fingerprint density at radius 2 is 1.72 bits per heavy atom. The van der Waals surface area contributed by atoms with Crippen LogP contribution in [0.1, 0.15) is 35.1 Å². The van der Waals surface area contributed by atoms with Gasteiger partial charge >= 0.3 is 0 Å². The number of hydrogen-bond acceptors (Lipinski definition) is 6. The van der Waals surface area contributed by atoms with Crippen molar-refractivity contribution >= 4 is 45.4 Å². The minimum atomic E-state index is -0.132. The standard InChI is InChI=1S/C24H27ClN4O2S/c1-16(2)21-22(23(30)26-18-10-8-17(25)9-11-18)32-24(27-21)29-14-12-28(13-15-29)19-6-4-5-7-20(19)31-3/h4-11,16H,12-15H2,1-3H3,(H,26,30). The van der Waals surface area contributed by atoms with Crippen LogP contribution in [0.5, 0.6) is 5.75 Å². The predicted octanol–water partition coefficient (Wildman–Crippen LogP) is 5.51. The van der Waals surface area contributed by atoms with E-state index in [0.717, 1.165) is 54.1 Å². The van der Waals surface area contributed by atoms with Gasteiger partial charge in [0.2, 0.25) is 0 Å². The van der Waals surface area contributed by atoms with Crippen molar-refractivity contribution in [2.75, 3.05) is 48.4 Å². The Kier molecular flexibility index (Phi) is 6.86. The van der Waals surface area contributed by atoms with E-state index in [-0.39, 0.29) is 11.8 Å². The highest BCUT2D eigenvalue weighted by molar-refractivity contribution is 7.17. The lowest BCUT2D eigenvalue weighted by Crippen LogP contribution is -2.46. The number of nitrogens with zero attached hydrogens (tertiary/aromatic N) is 3. The van der Waals surface area contributed by atoms with Crippen molar-refractivity contribution in [3.63, 3.8) is 0 Å². The maximum Gasteiger partial charge on any atom is 0.267 e. The van der Waals surface area contributed by atoms with Gasteiger partial charge in [-0.15, -0.1) is 0 Å². The number of carbonyl (C=O) groups excluding carboxylic acids is 1. The van der Waals surface area contributed by atoms with Gasteiger partial charge in [-0.05, 0) is 42.3 Å². The van der Waals surface area contributed by atoms with E-state index < -0.39 is 0 Å². The normalized spacial score (nSPS) is 14.0. The number of hydrogen-bond donors (Lipinski definition) is 1. The van der Waals surface area contributed by atoms with Gasteiger partial charge in [-0.1, -0.05) is 48.9 Å². The summed E-state index contributed by atoms with van der Waals surface area (Å²) in [7, 11) is 1.70. The summed E-state index contributed by atoms with van der Waals surface area (Å²) >= 11 is 7.41. The average Bonchev–Trinajstić information content (AvgIpc) is 3.27. The summed E-state index contributed by atoms with van der Waals surface area (Å²) in [6, 6.07) is 15.2. The molecule has 0 unspecified atom stereocenters. The third kappa shape index (κ3) is 4.84. The summed E-state index contributed by atoms with van der Waals surface area (Å²) in [4.78, 5) is 23.1. The summed E-state index contributed by atoms with van der Waals surface area (Å²) < 4.78 is 5.52. The molecule has 0 spiro atoms. The number of methoxy groups -OCH3 is 1. The Bertz CT molecular complexity index is 1080. The molecule has 0 atom stereocenters. The van der Waals surface area contributed by atoms with Gasteiger partial charge in [0.1, 0.15) is 10.6 Å². The molecule has 4 rings (SSSR count). The Labute approximate surface area is 197 Å². The molecule has 0 aliphatic carbocycles. The number of carbonyl (C=O) groups is 1. The highest BCUT2D eigenvalue weighted by atomic mass is 35.5. The van der Waals surface area contributed by atoms with E-state index in [0.29, 0.717) is 9.90 Å². The molecule has 3 aromatic rings. The van der Waals surface area contributed by atoms with Gasteiger partial charge in [-0.25, -0.2) is 4.98 Å². The van der Waals surface area contributed by atoms with Gasteiger partial charge in [0.15, 0.2) is 5.13 Å². The second-order valence-electron chi connectivity index (χ2n) is 7.97. The van der Waals surface area contributed by atoms with Gasteiger partial charge in [0.25, 0.3) is 5.91 Å². The molecule has 1 aliphatic rings. The van der Waals surface area contributed by atoms with E-state index in [9.17, 15) is 4.79 Å². The fourth-order valence-corrected chi connectivity index (χ4v) is 5.05. The number of halogens is 1. The zero-order valence-electron chi connectivity index (χ0n) is 18.5. The van der Waals surface area contributed by atoms with Crippen molar-refractivity contribution < 1.29 is 9.53 Å². The molecule has 0 radical (unpaired) electrons. The number of anilines is 3. The van der Waals surface area contributed by atoms with E-state index in [1.54, 1.807) is 31.4 Å². The number of thiazole rings is 1. The molecule has 8 heteroatoms. The first-order valence-electron chi connectivity index (χ1n) is 10.7. The van der Waals surface area contributed by atoms with Gasteiger partial charge in [-0.2, -0.15) is 0 Å². The smallest absolute Gasteiger partial charge is 0.267 e. The maximum absolute atomic E-state index is 13.0. The molecule has 2 heterocycles. The molecular weight excluding hydrogens is 444 g/mol.